The molecule has 0 aliphatic carbocycles. The third kappa shape index (κ3) is 6.16. The van der Waals surface area contributed by atoms with Gasteiger partial charge in [-0.1, -0.05) is 29.8 Å². The zero-order valence-corrected chi connectivity index (χ0v) is 20.6. The van der Waals surface area contributed by atoms with Crippen LogP contribution in [0.15, 0.2) is 66.7 Å². The number of unbranched alkanes of at least 4 members (excludes halogenated alkanes) is 1. The number of halogens is 1. The second-order valence-electron chi connectivity index (χ2n) is 8.34. The summed E-state index contributed by atoms with van der Waals surface area (Å²) >= 11 is 5.95. The molecule has 3 aromatic rings. The Morgan fingerprint density at radius 3 is 2.29 bits per heavy atom. The van der Waals surface area contributed by atoms with Crippen LogP contribution in [0.1, 0.15) is 30.0 Å². The van der Waals surface area contributed by atoms with Gasteiger partial charge >= 0.3 is 0 Å². The number of fused-ring (bicyclic) bond motifs is 1. The molecule has 180 valence electrons. The molecule has 0 radical (unpaired) electrons. The van der Waals surface area contributed by atoms with Gasteiger partial charge in [-0.2, -0.15) is 0 Å². The van der Waals surface area contributed by atoms with Gasteiger partial charge in [0.2, 0.25) is 0 Å². The fourth-order valence-electron chi connectivity index (χ4n) is 4.37. The van der Waals surface area contributed by atoms with E-state index in [1.54, 1.807) is 14.2 Å². The number of rotatable bonds is 11. The van der Waals surface area contributed by atoms with Crippen LogP contribution in [0.4, 0.5) is 0 Å². The van der Waals surface area contributed by atoms with Gasteiger partial charge < -0.3 is 18.9 Å². The molecule has 1 heterocycles. The predicted octanol–water partition coefficient (Wildman–Crippen LogP) is 6.19. The third-order valence-corrected chi connectivity index (χ3v) is 6.44. The first kappa shape index (κ1) is 24.2. The average Bonchev–Trinajstić information content (AvgIpc) is 2.88. The molecule has 34 heavy (non-hydrogen) atoms. The summed E-state index contributed by atoms with van der Waals surface area (Å²) in [5, 5.41) is 0.718. The van der Waals surface area contributed by atoms with Gasteiger partial charge in [-0.05, 0) is 85.5 Å². The maximum Gasteiger partial charge on any atom is 0.161 e. The molecule has 5 nitrogen and oxygen atoms in total. The largest absolute Gasteiger partial charge is 0.494 e. The molecular formula is C28H32ClNO4. The number of ether oxygens (including phenoxy) is 4. The first-order valence-corrected chi connectivity index (χ1v) is 12.1. The zero-order chi connectivity index (χ0) is 23.8. The van der Waals surface area contributed by atoms with E-state index in [0.29, 0.717) is 13.2 Å². The van der Waals surface area contributed by atoms with Gasteiger partial charge in [-0.15, -0.1) is 0 Å². The highest BCUT2D eigenvalue weighted by Crippen LogP contribution is 2.38. The minimum Gasteiger partial charge on any atom is -0.494 e. The lowest BCUT2D eigenvalue weighted by molar-refractivity contribution is 0.121. The topological polar surface area (TPSA) is 40.2 Å². The molecule has 0 saturated heterocycles. The Bertz CT molecular complexity index is 1040. The summed E-state index contributed by atoms with van der Waals surface area (Å²) in [6.07, 6.45) is 2.99. The second-order valence-corrected chi connectivity index (χ2v) is 8.78. The minimum atomic E-state index is 0.140. The summed E-state index contributed by atoms with van der Waals surface area (Å²) in [5.41, 5.74) is 2.54. The molecule has 4 rings (SSSR count). The Hall–Kier alpha value is -2.89. The minimum absolute atomic E-state index is 0.140. The smallest absolute Gasteiger partial charge is 0.161 e. The van der Waals surface area contributed by atoms with E-state index in [4.69, 9.17) is 30.5 Å². The molecule has 0 amide bonds. The number of nitrogens with zero attached hydrogens (tertiary/aromatic N) is 1. The molecule has 0 N–H and O–H groups in total. The molecule has 1 aliphatic rings. The summed E-state index contributed by atoms with van der Waals surface area (Å²) in [6.45, 7) is 3.21. The van der Waals surface area contributed by atoms with Crippen molar-refractivity contribution in [2.45, 2.75) is 25.3 Å². The molecule has 0 fully saturated rings. The first-order chi connectivity index (χ1) is 16.7. The van der Waals surface area contributed by atoms with Gasteiger partial charge in [0.25, 0.3) is 0 Å². The van der Waals surface area contributed by atoms with Crippen LogP contribution in [-0.2, 0) is 6.42 Å². The van der Waals surface area contributed by atoms with Gasteiger partial charge in [0.1, 0.15) is 18.1 Å². The average molecular weight is 482 g/mol. The lowest BCUT2D eigenvalue weighted by Crippen LogP contribution is -2.39. The fourth-order valence-corrected chi connectivity index (χ4v) is 4.50. The summed E-state index contributed by atoms with van der Waals surface area (Å²) < 4.78 is 23.2. The van der Waals surface area contributed by atoms with Crippen LogP contribution in [0.3, 0.4) is 0 Å². The van der Waals surface area contributed by atoms with Gasteiger partial charge in [0.05, 0.1) is 26.9 Å². The molecule has 3 aromatic carbocycles. The number of para-hydroxylation sites is 1. The maximum atomic E-state index is 6.21. The Kier molecular flexibility index (Phi) is 8.56. The normalized spacial score (nSPS) is 15.4. The Morgan fingerprint density at radius 2 is 1.56 bits per heavy atom. The van der Waals surface area contributed by atoms with Gasteiger partial charge in [0.15, 0.2) is 11.5 Å². The van der Waals surface area contributed by atoms with Crippen molar-refractivity contribution in [3.8, 4) is 23.0 Å². The Labute approximate surface area is 207 Å². The molecule has 1 unspecified atom stereocenters. The molecule has 0 spiro atoms. The van der Waals surface area contributed by atoms with E-state index >= 15 is 0 Å². The van der Waals surface area contributed by atoms with E-state index in [1.807, 2.05) is 54.6 Å². The van der Waals surface area contributed by atoms with Crippen LogP contribution in [-0.4, -0.2) is 45.4 Å². The van der Waals surface area contributed by atoms with Crippen molar-refractivity contribution in [2.75, 3.05) is 40.5 Å². The first-order valence-electron chi connectivity index (χ1n) is 11.7. The van der Waals surface area contributed by atoms with Crippen LogP contribution in [0, 0.1) is 0 Å². The van der Waals surface area contributed by atoms with Crippen LogP contribution < -0.4 is 18.9 Å². The van der Waals surface area contributed by atoms with E-state index in [1.165, 1.54) is 11.1 Å². The number of hydrogen-bond donors (Lipinski definition) is 0. The van der Waals surface area contributed by atoms with E-state index in [0.717, 1.165) is 60.4 Å². The fraction of sp³-hybridized carbons (Fsp3) is 0.357. The molecule has 1 atom stereocenters. The number of hydrogen-bond acceptors (Lipinski definition) is 5. The highest BCUT2D eigenvalue weighted by Gasteiger charge is 2.29. The SMILES string of the molecule is COc1cc2c(cc1OC)C(COc1ccccc1)N(CCCCOc1ccc(Cl)cc1)CC2. The van der Waals surface area contributed by atoms with Crippen molar-refractivity contribution in [2.24, 2.45) is 0 Å². The predicted molar refractivity (Wildman–Crippen MR) is 136 cm³/mol. The van der Waals surface area contributed by atoms with Crippen LogP contribution in [0.2, 0.25) is 5.02 Å². The third-order valence-electron chi connectivity index (χ3n) is 6.19. The van der Waals surface area contributed by atoms with Gasteiger partial charge in [-0.3, -0.25) is 4.90 Å². The van der Waals surface area contributed by atoms with Crippen LogP contribution in [0.5, 0.6) is 23.0 Å². The van der Waals surface area contributed by atoms with Crippen molar-refractivity contribution >= 4 is 11.6 Å². The monoisotopic (exact) mass is 481 g/mol. The highest BCUT2D eigenvalue weighted by atomic mass is 35.5. The molecule has 0 bridgehead atoms. The van der Waals surface area contributed by atoms with Gasteiger partial charge in [0, 0.05) is 11.6 Å². The van der Waals surface area contributed by atoms with Crippen molar-refractivity contribution in [1.29, 1.82) is 0 Å². The molecule has 1 aliphatic heterocycles. The van der Waals surface area contributed by atoms with E-state index in [2.05, 4.69) is 17.0 Å². The Morgan fingerprint density at radius 1 is 0.853 bits per heavy atom. The van der Waals surface area contributed by atoms with E-state index in [9.17, 15) is 0 Å². The molecule has 0 saturated carbocycles. The van der Waals surface area contributed by atoms with Gasteiger partial charge in [-0.25, -0.2) is 0 Å². The lowest BCUT2D eigenvalue weighted by atomic mass is 9.92. The summed E-state index contributed by atoms with van der Waals surface area (Å²) in [6, 6.07) is 21.9. The molecule has 0 aromatic heterocycles. The highest BCUT2D eigenvalue weighted by molar-refractivity contribution is 6.30. The summed E-state index contributed by atoms with van der Waals surface area (Å²) in [5.74, 6) is 3.26. The van der Waals surface area contributed by atoms with Crippen molar-refractivity contribution in [1.82, 2.24) is 4.90 Å². The summed E-state index contributed by atoms with van der Waals surface area (Å²) in [7, 11) is 3.36. The van der Waals surface area contributed by atoms with Crippen molar-refractivity contribution < 1.29 is 18.9 Å². The van der Waals surface area contributed by atoms with E-state index < -0.39 is 0 Å². The molecule has 6 heteroatoms. The summed E-state index contributed by atoms with van der Waals surface area (Å²) in [4.78, 5) is 2.51. The van der Waals surface area contributed by atoms with E-state index in [-0.39, 0.29) is 6.04 Å². The lowest BCUT2D eigenvalue weighted by Gasteiger charge is -2.37. The Balaban J connectivity index is 1.41. The van der Waals surface area contributed by atoms with Crippen LogP contribution >= 0.6 is 11.6 Å². The quantitative estimate of drug-likeness (QED) is 0.305. The zero-order valence-electron chi connectivity index (χ0n) is 19.8. The van der Waals surface area contributed by atoms with Crippen LogP contribution in [0.25, 0.3) is 0 Å². The van der Waals surface area contributed by atoms with Crippen molar-refractivity contribution in [3.63, 3.8) is 0 Å². The maximum absolute atomic E-state index is 6.21. The molecular weight excluding hydrogens is 450 g/mol. The van der Waals surface area contributed by atoms with Crippen molar-refractivity contribution in [3.05, 3.63) is 82.9 Å². The standard InChI is InChI=1S/C28H32ClNO4/c1-31-27-18-21-14-16-30(15-6-7-17-33-24-12-10-22(29)11-13-24)26(25(21)19-28(27)32-2)20-34-23-8-4-3-5-9-23/h3-5,8-13,18-19,26H,6-7,14-17,20H2,1-2H3. The second kappa shape index (κ2) is 12.0. The number of methoxy groups -OCH3 is 2. The number of benzene rings is 3.